The molecular formula is C48H35BN4O5. The first-order chi connectivity index (χ1) is 28.1. The minimum atomic E-state index is -0.450. The lowest BCUT2D eigenvalue weighted by molar-refractivity contribution is 0.398. The van der Waals surface area contributed by atoms with Gasteiger partial charge >= 0.3 is 0 Å². The molecule has 58 heavy (non-hydrogen) atoms. The van der Waals surface area contributed by atoms with Crippen LogP contribution in [-0.4, -0.2) is 52.9 Å². The molecule has 0 fully saturated rings. The molecule has 7 aromatic carbocycles. The third-order valence-corrected chi connectivity index (χ3v) is 11.6. The van der Waals surface area contributed by atoms with Gasteiger partial charge in [-0.3, -0.25) is 0 Å². The van der Waals surface area contributed by atoms with E-state index in [2.05, 4.69) is 36.4 Å². The molecule has 0 amide bonds. The van der Waals surface area contributed by atoms with Crippen LogP contribution >= 0.6 is 0 Å². The Morgan fingerprint density at radius 1 is 0.483 bits per heavy atom. The van der Waals surface area contributed by atoms with E-state index in [-0.39, 0.29) is 33.5 Å². The van der Waals surface area contributed by atoms with Gasteiger partial charge in [0.1, 0.15) is 19.1 Å². The van der Waals surface area contributed by atoms with Crippen molar-refractivity contribution < 1.29 is 25.5 Å². The Bertz CT molecular complexity index is 3030. The predicted octanol–water partition coefficient (Wildman–Crippen LogP) is 8.61. The van der Waals surface area contributed by atoms with Crippen molar-refractivity contribution in [2.75, 3.05) is 0 Å². The zero-order valence-corrected chi connectivity index (χ0v) is 31.8. The minimum absolute atomic E-state index is 0.0892. The van der Waals surface area contributed by atoms with Crippen molar-refractivity contribution in [1.29, 1.82) is 0 Å². The van der Waals surface area contributed by atoms with E-state index in [1.807, 2.05) is 84.9 Å². The summed E-state index contributed by atoms with van der Waals surface area (Å²) in [5, 5.41) is 56.3. The van der Waals surface area contributed by atoms with Gasteiger partial charge in [-0.05, 0) is 77.4 Å². The van der Waals surface area contributed by atoms with Crippen LogP contribution in [0.4, 0.5) is 0 Å². The molecule has 0 bridgehead atoms. The summed E-state index contributed by atoms with van der Waals surface area (Å²) in [5.74, 6) is -0.0192. The van der Waals surface area contributed by atoms with Crippen molar-refractivity contribution in [3.8, 4) is 90.9 Å². The van der Waals surface area contributed by atoms with Gasteiger partial charge in [-0.1, -0.05) is 109 Å². The zero-order chi connectivity index (χ0) is 40.0. The van der Waals surface area contributed by atoms with Crippen LogP contribution in [0.25, 0.3) is 83.9 Å². The predicted molar refractivity (Wildman–Crippen MR) is 230 cm³/mol. The molecule has 5 N–H and O–H groups in total. The van der Waals surface area contributed by atoms with Gasteiger partial charge in [-0.25, -0.2) is 15.0 Å². The fourth-order valence-corrected chi connectivity index (χ4v) is 8.45. The molecule has 0 saturated heterocycles. The van der Waals surface area contributed by atoms with E-state index in [0.717, 1.165) is 45.4 Å². The van der Waals surface area contributed by atoms with Crippen LogP contribution in [0.2, 0.25) is 0 Å². The van der Waals surface area contributed by atoms with E-state index in [0.29, 0.717) is 39.6 Å². The second-order valence-corrected chi connectivity index (χ2v) is 14.9. The zero-order valence-electron chi connectivity index (χ0n) is 31.8. The summed E-state index contributed by atoms with van der Waals surface area (Å²) in [7, 11) is 1.76. The highest BCUT2D eigenvalue weighted by Gasteiger charge is 2.29. The molecular weight excluding hydrogens is 723 g/mol. The first kappa shape index (κ1) is 34.9. The molecule has 10 heteroatoms. The fraction of sp³-hybridized carbons (Fsp3) is 0.0625. The van der Waals surface area contributed by atoms with Crippen LogP contribution in [0.5, 0.6) is 28.7 Å². The summed E-state index contributed by atoms with van der Waals surface area (Å²) in [6, 6.07) is 40.3. The van der Waals surface area contributed by atoms with E-state index >= 15 is 0 Å². The second kappa shape index (κ2) is 13.0. The number of aromatic nitrogens is 4. The van der Waals surface area contributed by atoms with Gasteiger partial charge in [0.25, 0.3) is 0 Å². The number of hydrogen-bond donors (Lipinski definition) is 5. The molecule has 280 valence electrons. The van der Waals surface area contributed by atoms with Gasteiger partial charge in [0, 0.05) is 33.3 Å². The smallest absolute Gasteiger partial charge is 0.183 e. The van der Waals surface area contributed by atoms with Gasteiger partial charge in [0.2, 0.25) is 0 Å². The van der Waals surface area contributed by atoms with Crippen LogP contribution in [0.15, 0.2) is 121 Å². The average molecular weight is 759 g/mol. The molecule has 1 aliphatic rings. The summed E-state index contributed by atoms with van der Waals surface area (Å²) in [5.41, 5.74) is 11.3. The Morgan fingerprint density at radius 2 is 1.07 bits per heavy atom. The third-order valence-electron chi connectivity index (χ3n) is 11.6. The number of hydrogen-bond acceptors (Lipinski definition) is 8. The molecule has 0 aliphatic heterocycles. The summed E-state index contributed by atoms with van der Waals surface area (Å²) < 4.78 is 1.62. The largest absolute Gasteiger partial charge is 0.505 e. The maximum absolute atomic E-state index is 11.4. The fourth-order valence-electron chi connectivity index (χ4n) is 8.45. The minimum Gasteiger partial charge on any atom is -0.505 e. The number of phenolic OH excluding ortho intramolecular Hbond substituents is 5. The molecule has 0 spiro atoms. The first-order valence-corrected chi connectivity index (χ1v) is 19.0. The quantitative estimate of drug-likeness (QED) is 0.0667. The van der Waals surface area contributed by atoms with Crippen molar-refractivity contribution in [2.45, 2.75) is 20.3 Å². The molecule has 9 nitrogen and oxygen atoms in total. The first-order valence-electron chi connectivity index (χ1n) is 19.0. The normalized spacial score (nSPS) is 12.0. The number of fused-ring (bicyclic) bond motifs is 6. The van der Waals surface area contributed by atoms with E-state index < -0.39 is 17.2 Å². The highest BCUT2D eigenvalue weighted by molar-refractivity contribution is 6.44. The van der Waals surface area contributed by atoms with Gasteiger partial charge in [-0.15, -0.1) is 0 Å². The molecule has 1 aliphatic carbocycles. The van der Waals surface area contributed by atoms with Crippen molar-refractivity contribution in [3.05, 3.63) is 144 Å². The summed E-state index contributed by atoms with van der Waals surface area (Å²) in [6.07, 6.45) is 0.772. The van der Waals surface area contributed by atoms with Gasteiger partial charge in [0.15, 0.2) is 40.5 Å². The Hall–Kier alpha value is -7.59. The van der Waals surface area contributed by atoms with Crippen LogP contribution in [0.3, 0.4) is 0 Å². The maximum atomic E-state index is 11.4. The molecule has 9 aromatic rings. The second-order valence-electron chi connectivity index (χ2n) is 14.9. The Balaban J connectivity index is 1.10. The van der Waals surface area contributed by atoms with Crippen LogP contribution in [0, 0.1) is 13.8 Å². The summed E-state index contributed by atoms with van der Waals surface area (Å²) in [6.45, 7) is 3.17. The third kappa shape index (κ3) is 5.15. The Labute approximate surface area is 333 Å². The molecule has 0 unspecified atom stereocenters. The Kier molecular flexibility index (Phi) is 7.81. The molecule has 0 saturated carbocycles. The number of aromatic hydroxyl groups is 5. The van der Waals surface area contributed by atoms with Crippen molar-refractivity contribution in [3.63, 3.8) is 0 Å². The van der Waals surface area contributed by atoms with Crippen LogP contribution in [0.1, 0.15) is 22.3 Å². The highest BCUT2D eigenvalue weighted by Crippen LogP contribution is 2.52. The average Bonchev–Trinajstić information content (AvgIpc) is 3.83. The number of benzene rings is 7. The topological polar surface area (TPSA) is 145 Å². The van der Waals surface area contributed by atoms with Gasteiger partial charge in [0.05, 0.1) is 10.9 Å². The van der Waals surface area contributed by atoms with Crippen molar-refractivity contribution in [2.24, 2.45) is 0 Å². The van der Waals surface area contributed by atoms with Gasteiger partial charge in [-0.2, -0.15) is 0 Å². The standard InChI is InChI=1S/C48H35BN4O5/c1-24-38(49)36-37-40(41(54)25(2)43(56)44(37)57)53(39(36)45(58)42(24)55)32-20-18-26(19-21-32)29-16-17-30-22-31-14-9-15-33(35(31)34(30)23-29)48-51-46(27-10-5-3-6-11-27)50-47(52-48)28-12-7-4-8-13-28/h3-21,23,54-58H,22,49H2,1-2H3. The lowest BCUT2D eigenvalue weighted by Gasteiger charge is -2.14. The molecule has 2 aromatic heterocycles. The molecule has 2 heterocycles. The summed E-state index contributed by atoms with van der Waals surface area (Å²) in [4.78, 5) is 15.0. The maximum Gasteiger partial charge on any atom is 0.183 e. The van der Waals surface area contributed by atoms with E-state index in [4.69, 9.17) is 15.0 Å². The SMILES string of the molecule is Bc1c(C)c(O)c(O)c2c1c1c(O)c(O)c(C)c(O)c1n2-c1ccc(-c2ccc3c(c2)-c2c(cccc2-c2nc(-c4ccccc4)nc(-c4ccccc4)n2)C3)cc1. The Morgan fingerprint density at radius 3 is 1.72 bits per heavy atom. The number of phenols is 5. The monoisotopic (exact) mass is 758 g/mol. The lowest BCUT2D eigenvalue weighted by atomic mass is 9.85. The van der Waals surface area contributed by atoms with Crippen LogP contribution < -0.4 is 5.46 Å². The number of nitrogens with zero attached hydrogens (tertiary/aromatic N) is 4. The number of rotatable bonds is 5. The van der Waals surface area contributed by atoms with E-state index in [9.17, 15) is 25.5 Å². The van der Waals surface area contributed by atoms with E-state index in [1.54, 1.807) is 19.3 Å². The molecule has 0 radical (unpaired) electrons. The molecule has 0 atom stereocenters. The highest BCUT2D eigenvalue weighted by atomic mass is 16.3. The van der Waals surface area contributed by atoms with E-state index in [1.165, 1.54) is 18.1 Å². The van der Waals surface area contributed by atoms with Crippen LogP contribution in [-0.2, 0) is 6.42 Å². The van der Waals surface area contributed by atoms with Gasteiger partial charge < -0.3 is 30.1 Å². The van der Waals surface area contributed by atoms with Crippen molar-refractivity contribution >= 4 is 35.1 Å². The lowest BCUT2D eigenvalue weighted by Crippen LogP contribution is -2.09. The summed E-state index contributed by atoms with van der Waals surface area (Å²) >= 11 is 0. The molecule has 10 rings (SSSR count). The van der Waals surface area contributed by atoms with Crippen molar-refractivity contribution in [1.82, 2.24) is 19.5 Å².